The maximum atomic E-state index is 13.1. The Kier molecular flexibility index (Phi) is 8.02. The third-order valence-corrected chi connectivity index (χ3v) is 6.90. The van der Waals surface area contributed by atoms with Gasteiger partial charge in [-0.15, -0.1) is 23.5 Å². The predicted octanol–water partition coefficient (Wildman–Crippen LogP) is 5.02. The van der Waals surface area contributed by atoms with E-state index in [2.05, 4.69) is 4.98 Å². The maximum absolute atomic E-state index is 13.1. The molecule has 2 heterocycles. The van der Waals surface area contributed by atoms with Gasteiger partial charge in [0.05, 0.1) is 35.9 Å². The Balaban J connectivity index is 1.96. The van der Waals surface area contributed by atoms with Gasteiger partial charge in [0.15, 0.2) is 17.3 Å². The summed E-state index contributed by atoms with van der Waals surface area (Å²) in [5, 5.41) is 1.69. The van der Waals surface area contributed by atoms with E-state index < -0.39 is 0 Å². The highest BCUT2D eigenvalue weighted by Gasteiger charge is 2.23. The Labute approximate surface area is 182 Å². The van der Waals surface area contributed by atoms with Gasteiger partial charge in [-0.3, -0.25) is 9.78 Å². The van der Waals surface area contributed by atoms with Gasteiger partial charge in [-0.25, -0.2) is 0 Å². The minimum Gasteiger partial charge on any atom is -0.493 e. The number of ether oxygens (including phenoxy) is 3. The van der Waals surface area contributed by atoms with Crippen LogP contribution in [0.4, 0.5) is 0 Å². The second-order valence-electron chi connectivity index (χ2n) is 5.79. The summed E-state index contributed by atoms with van der Waals surface area (Å²) in [5.41, 5.74) is 0.953. The van der Waals surface area contributed by atoms with Gasteiger partial charge in [0.25, 0.3) is 0 Å². The fraction of sp³-hybridized carbons (Fsp3) is 0.368. The Morgan fingerprint density at radius 1 is 1.11 bits per heavy atom. The number of thioether (sulfide) groups is 2. The number of hydrogen-bond acceptors (Lipinski definition) is 7. The molecule has 0 fully saturated rings. The van der Waals surface area contributed by atoms with Gasteiger partial charge >= 0.3 is 0 Å². The molecule has 0 saturated heterocycles. The van der Waals surface area contributed by atoms with Crippen molar-refractivity contribution in [1.29, 1.82) is 0 Å². The molecule has 1 aliphatic heterocycles. The maximum Gasteiger partial charge on any atom is 0.204 e. The molecule has 150 valence electrons. The normalized spacial score (nSPS) is 14.8. The zero-order valence-electron chi connectivity index (χ0n) is 15.2. The first-order valence-corrected chi connectivity index (χ1v) is 11.6. The van der Waals surface area contributed by atoms with Gasteiger partial charge in [-0.05, 0) is 12.1 Å². The minimum absolute atomic E-state index is 0.0346. The highest BCUT2D eigenvalue weighted by Crippen LogP contribution is 2.41. The Morgan fingerprint density at radius 3 is 2.39 bits per heavy atom. The molecule has 0 saturated carbocycles. The van der Waals surface area contributed by atoms with E-state index in [9.17, 15) is 4.79 Å². The van der Waals surface area contributed by atoms with E-state index in [0.29, 0.717) is 51.6 Å². The number of ketones is 1. The number of hydrogen-bond donors (Lipinski definition) is 0. The number of rotatable bonds is 4. The van der Waals surface area contributed by atoms with Crippen LogP contribution in [0, 0.1) is 0 Å². The molecule has 1 aromatic heterocycles. The summed E-state index contributed by atoms with van der Waals surface area (Å²) >= 11 is 15.9. The van der Waals surface area contributed by atoms with Gasteiger partial charge < -0.3 is 14.2 Å². The first-order valence-electron chi connectivity index (χ1n) is 8.55. The summed E-state index contributed by atoms with van der Waals surface area (Å²) in [6.45, 7) is 0.962. The van der Waals surface area contributed by atoms with Gasteiger partial charge in [0.2, 0.25) is 5.75 Å². The van der Waals surface area contributed by atoms with Crippen LogP contribution in [-0.4, -0.2) is 47.7 Å². The van der Waals surface area contributed by atoms with E-state index in [4.69, 9.17) is 37.4 Å². The molecule has 0 radical (unpaired) electrons. The molecule has 0 N–H and O–H groups in total. The standard InChI is InChI=1S/C19H19Cl2NO4S2/c1-24-17-3-2-12(16(23)8-13-14(20)9-22-10-15(13)21)18-19(17)26-5-7-28-11-27-6-4-25-18/h2-3,9-10H,4-8,11H2,1H3. The van der Waals surface area contributed by atoms with Gasteiger partial charge in [-0.2, -0.15) is 0 Å². The van der Waals surface area contributed by atoms with E-state index in [1.54, 1.807) is 42.8 Å². The lowest BCUT2D eigenvalue weighted by Crippen LogP contribution is -2.12. The zero-order chi connectivity index (χ0) is 19.9. The Bertz CT molecular complexity index is 831. The lowest BCUT2D eigenvalue weighted by atomic mass is 10.0. The summed E-state index contributed by atoms with van der Waals surface area (Å²) in [6, 6.07) is 3.40. The van der Waals surface area contributed by atoms with Gasteiger partial charge in [-0.1, -0.05) is 23.2 Å². The smallest absolute Gasteiger partial charge is 0.204 e. The lowest BCUT2D eigenvalue weighted by molar-refractivity contribution is 0.0988. The summed E-state index contributed by atoms with van der Waals surface area (Å²) in [5.74, 6) is 2.87. The molecule has 0 aliphatic carbocycles. The van der Waals surface area contributed by atoms with Crippen molar-refractivity contribution in [2.24, 2.45) is 0 Å². The van der Waals surface area contributed by atoms with Crippen molar-refractivity contribution in [2.75, 3.05) is 36.9 Å². The highest BCUT2D eigenvalue weighted by atomic mass is 35.5. The molecule has 28 heavy (non-hydrogen) atoms. The van der Waals surface area contributed by atoms with Crippen molar-refractivity contribution >= 4 is 52.5 Å². The molecular weight excluding hydrogens is 441 g/mol. The van der Waals surface area contributed by atoms with Crippen LogP contribution in [0.15, 0.2) is 24.5 Å². The van der Waals surface area contributed by atoms with Crippen molar-refractivity contribution < 1.29 is 19.0 Å². The van der Waals surface area contributed by atoms with E-state index in [1.165, 1.54) is 12.4 Å². The largest absolute Gasteiger partial charge is 0.493 e. The molecule has 9 heteroatoms. The zero-order valence-corrected chi connectivity index (χ0v) is 18.3. The summed E-state index contributed by atoms with van der Waals surface area (Å²) in [6.07, 6.45) is 2.98. The fourth-order valence-corrected chi connectivity index (χ4v) is 4.96. The first-order chi connectivity index (χ1) is 13.6. The summed E-state index contributed by atoms with van der Waals surface area (Å²) in [4.78, 5) is 17.0. The molecule has 2 aromatic rings. The number of Topliss-reactive ketones (excluding diaryl/α,β-unsaturated/α-hetero) is 1. The molecule has 0 spiro atoms. The van der Waals surface area contributed by atoms with Crippen LogP contribution in [0.2, 0.25) is 10.0 Å². The van der Waals surface area contributed by atoms with E-state index in [1.807, 2.05) is 0 Å². The molecule has 0 atom stereocenters. The molecule has 0 bridgehead atoms. The molecule has 5 nitrogen and oxygen atoms in total. The minimum atomic E-state index is -0.172. The van der Waals surface area contributed by atoms with Crippen LogP contribution in [-0.2, 0) is 6.42 Å². The second-order valence-corrected chi connectivity index (χ2v) is 9.18. The topological polar surface area (TPSA) is 57.7 Å². The van der Waals surface area contributed by atoms with Crippen molar-refractivity contribution in [3.63, 3.8) is 0 Å². The van der Waals surface area contributed by atoms with Crippen LogP contribution < -0.4 is 14.2 Å². The van der Waals surface area contributed by atoms with Gasteiger partial charge in [0, 0.05) is 41.0 Å². The van der Waals surface area contributed by atoms with Crippen LogP contribution in [0.25, 0.3) is 0 Å². The molecule has 0 amide bonds. The van der Waals surface area contributed by atoms with Crippen molar-refractivity contribution in [3.8, 4) is 17.2 Å². The third kappa shape index (κ3) is 5.20. The first kappa shape index (κ1) is 21.4. The Hall–Kier alpha value is -1.28. The Morgan fingerprint density at radius 2 is 1.75 bits per heavy atom. The number of nitrogens with zero attached hydrogens (tertiary/aromatic N) is 1. The number of aromatic nitrogens is 1. The van der Waals surface area contributed by atoms with E-state index in [0.717, 1.165) is 16.6 Å². The SMILES string of the molecule is COc1ccc(C(=O)Cc2c(Cl)cncc2Cl)c2c1OCCSCSCCO2. The van der Waals surface area contributed by atoms with Crippen LogP contribution in [0.1, 0.15) is 15.9 Å². The molecule has 1 aromatic carbocycles. The van der Waals surface area contributed by atoms with Crippen molar-refractivity contribution in [1.82, 2.24) is 4.98 Å². The number of carbonyl (C=O) groups is 1. The molecule has 0 unspecified atom stereocenters. The average molecular weight is 460 g/mol. The van der Waals surface area contributed by atoms with Crippen LogP contribution in [0.5, 0.6) is 17.2 Å². The van der Waals surface area contributed by atoms with Crippen LogP contribution in [0.3, 0.4) is 0 Å². The van der Waals surface area contributed by atoms with E-state index in [-0.39, 0.29) is 12.2 Å². The molecule has 3 rings (SSSR count). The van der Waals surface area contributed by atoms with Crippen molar-refractivity contribution in [2.45, 2.75) is 6.42 Å². The predicted molar refractivity (Wildman–Crippen MR) is 116 cm³/mol. The molecular formula is C19H19Cl2NO4S2. The fourth-order valence-electron chi connectivity index (χ4n) is 2.65. The lowest BCUT2D eigenvalue weighted by Gasteiger charge is -2.18. The number of halogens is 2. The number of fused-ring (bicyclic) bond motifs is 1. The summed E-state index contributed by atoms with van der Waals surface area (Å²) < 4.78 is 17.3. The monoisotopic (exact) mass is 459 g/mol. The second kappa shape index (κ2) is 10.5. The van der Waals surface area contributed by atoms with Gasteiger partial charge in [0.1, 0.15) is 0 Å². The number of carbonyl (C=O) groups excluding carboxylic acids is 1. The highest BCUT2D eigenvalue weighted by molar-refractivity contribution is 8.15. The quantitative estimate of drug-likeness (QED) is 0.594. The van der Waals surface area contributed by atoms with E-state index >= 15 is 0 Å². The average Bonchev–Trinajstić information content (AvgIpc) is 2.74. The summed E-state index contributed by atoms with van der Waals surface area (Å²) in [7, 11) is 1.56. The van der Waals surface area contributed by atoms with Crippen LogP contribution >= 0.6 is 46.7 Å². The molecule has 1 aliphatic rings. The number of pyridine rings is 1. The third-order valence-electron chi connectivity index (χ3n) is 4.00. The number of benzene rings is 1. The van der Waals surface area contributed by atoms with Crippen molar-refractivity contribution in [3.05, 3.63) is 45.7 Å². The number of methoxy groups -OCH3 is 1.